The minimum Gasteiger partial charge on any atom is -0.497 e. The Balaban J connectivity index is 2.22. The highest BCUT2D eigenvalue weighted by atomic mass is 16.5. The largest absolute Gasteiger partial charge is 0.497 e. The molecule has 7 heteroatoms. The third-order valence-corrected chi connectivity index (χ3v) is 3.58. The van der Waals surface area contributed by atoms with Gasteiger partial charge in [0.15, 0.2) is 18.1 Å². The SMILES string of the molecule is CCOc1cc(/C=C(/C#N)C(=O)Nc2ccc(OC)cc2)ccc1OCC#N. The first kappa shape index (κ1) is 20.3. The minimum absolute atomic E-state index is 0.0658. The number of nitriles is 2. The lowest BCUT2D eigenvalue weighted by atomic mass is 10.1. The first-order valence-corrected chi connectivity index (χ1v) is 8.45. The standard InChI is InChI=1S/C21H19N3O4/c1-3-27-20-13-15(4-9-19(20)28-11-10-22)12-16(14-23)21(25)24-17-5-7-18(26-2)8-6-17/h4-9,12-13H,3,11H2,1-2H3,(H,24,25)/b16-12-. The van der Waals surface area contributed by atoms with Crippen LogP contribution in [0.4, 0.5) is 5.69 Å². The molecule has 0 spiro atoms. The van der Waals surface area contributed by atoms with Crippen LogP contribution in [0.2, 0.25) is 0 Å². The highest BCUT2D eigenvalue weighted by molar-refractivity contribution is 6.09. The second-order valence-electron chi connectivity index (χ2n) is 5.44. The van der Waals surface area contributed by atoms with Crippen LogP contribution >= 0.6 is 0 Å². The molecule has 0 aromatic heterocycles. The van der Waals surface area contributed by atoms with Crippen LogP contribution in [0.3, 0.4) is 0 Å². The van der Waals surface area contributed by atoms with E-state index in [2.05, 4.69) is 5.32 Å². The molecule has 1 amide bonds. The number of carbonyl (C=O) groups is 1. The van der Waals surface area contributed by atoms with Gasteiger partial charge >= 0.3 is 0 Å². The summed E-state index contributed by atoms with van der Waals surface area (Å²) in [7, 11) is 1.55. The summed E-state index contributed by atoms with van der Waals surface area (Å²) >= 11 is 0. The topological polar surface area (TPSA) is 104 Å². The summed E-state index contributed by atoms with van der Waals surface area (Å²) in [4.78, 5) is 12.4. The summed E-state index contributed by atoms with van der Waals surface area (Å²) in [6, 6.07) is 15.5. The molecule has 2 aromatic carbocycles. The number of benzene rings is 2. The number of nitrogens with zero attached hydrogens (tertiary/aromatic N) is 2. The average Bonchev–Trinajstić information content (AvgIpc) is 2.72. The Morgan fingerprint density at radius 3 is 2.46 bits per heavy atom. The number of carbonyl (C=O) groups excluding carboxylic acids is 1. The molecule has 0 bridgehead atoms. The van der Waals surface area contributed by atoms with Crippen LogP contribution in [0.5, 0.6) is 17.2 Å². The second kappa shape index (κ2) is 10.2. The quantitative estimate of drug-likeness (QED) is 0.557. The van der Waals surface area contributed by atoms with Gasteiger partial charge in [-0.05, 0) is 55.0 Å². The maximum Gasteiger partial charge on any atom is 0.266 e. The van der Waals surface area contributed by atoms with Crippen molar-refractivity contribution in [1.82, 2.24) is 0 Å². The average molecular weight is 377 g/mol. The van der Waals surface area contributed by atoms with Crippen molar-refractivity contribution in [2.24, 2.45) is 0 Å². The van der Waals surface area contributed by atoms with E-state index in [1.165, 1.54) is 6.08 Å². The zero-order valence-electron chi connectivity index (χ0n) is 15.6. The molecule has 0 aliphatic carbocycles. The molecule has 0 aliphatic rings. The highest BCUT2D eigenvalue weighted by Gasteiger charge is 2.11. The predicted octanol–water partition coefficient (Wildman–Crippen LogP) is 3.54. The number of rotatable bonds is 8. The summed E-state index contributed by atoms with van der Waals surface area (Å²) in [5, 5.41) is 20.7. The molecule has 0 saturated carbocycles. The Morgan fingerprint density at radius 2 is 1.86 bits per heavy atom. The third kappa shape index (κ3) is 5.52. The van der Waals surface area contributed by atoms with Gasteiger partial charge in [-0.25, -0.2) is 0 Å². The van der Waals surface area contributed by atoms with Gasteiger partial charge in [-0.3, -0.25) is 4.79 Å². The molecule has 0 saturated heterocycles. The molecule has 7 nitrogen and oxygen atoms in total. The zero-order valence-corrected chi connectivity index (χ0v) is 15.6. The van der Waals surface area contributed by atoms with E-state index in [9.17, 15) is 10.1 Å². The Labute approximate surface area is 163 Å². The van der Waals surface area contributed by atoms with Gasteiger partial charge in [0.2, 0.25) is 0 Å². The van der Waals surface area contributed by atoms with E-state index in [0.717, 1.165) is 0 Å². The van der Waals surface area contributed by atoms with Gasteiger partial charge in [-0.2, -0.15) is 10.5 Å². The van der Waals surface area contributed by atoms with Gasteiger partial charge in [-0.1, -0.05) is 6.07 Å². The molecule has 142 valence electrons. The molecule has 0 fully saturated rings. The van der Waals surface area contributed by atoms with Gasteiger partial charge in [0, 0.05) is 5.69 Å². The number of ether oxygens (including phenoxy) is 3. The molecule has 2 aromatic rings. The summed E-state index contributed by atoms with van der Waals surface area (Å²) in [6.07, 6.45) is 1.45. The van der Waals surface area contributed by atoms with Gasteiger partial charge in [-0.15, -0.1) is 0 Å². The summed E-state index contributed by atoms with van der Waals surface area (Å²) in [5.41, 5.74) is 1.07. The highest BCUT2D eigenvalue weighted by Crippen LogP contribution is 2.29. The van der Waals surface area contributed by atoms with E-state index in [4.69, 9.17) is 19.5 Å². The monoisotopic (exact) mass is 377 g/mol. The third-order valence-electron chi connectivity index (χ3n) is 3.58. The van der Waals surface area contributed by atoms with Crippen molar-refractivity contribution >= 4 is 17.7 Å². The van der Waals surface area contributed by atoms with Crippen LogP contribution in [0.25, 0.3) is 6.08 Å². The van der Waals surface area contributed by atoms with Crippen LogP contribution in [0.15, 0.2) is 48.0 Å². The van der Waals surface area contributed by atoms with E-state index < -0.39 is 5.91 Å². The normalized spacial score (nSPS) is 10.4. The van der Waals surface area contributed by atoms with Crippen LogP contribution in [0.1, 0.15) is 12.5 Å². The number of nitrogens with one attached hydrogen (secondary N) is 1. The first-order chi connectivity index (χ1) is 13.6. The number of anilines is 1. The predicted molar refractivity (Wildman–Crippen MR) is 104 cm³/mol. The van der Waals surface area contributed by atoms with Crippen LogP contribution in [-0.2, 0) is 4.79 Å². The fourth-order valence-electron chi connectivity index (χ4n) is 2.30. The molecule has 28 heavy (non-hydrogen) atoms. The van der Waals surface area contributed by atoms with E-state index >= 15 is 0 Å². The van der Waals surface area contributed by atoms with E-state index in [0.29, 0.717) is 35.1 Å². The summed E-state index contributed by atoms with van der Waals surface area (Å²) in [6.45, 7) is 2.11. The fraction of sp³-hybridized carbons (Fsp3) is 0.190. The molecule has 0 radical (unpaired) electrons. The zero-order chi connectivity index (χ0) is 20.4. The van der Waals surface area contributed by atoms with Crippen molar-refractivity contribution in [3.63, 3.8) is 0 Å². The van der Waals surface area contributed by atoms with E-state index in [-0.39, 0.29) is 12.2 Å². The molecular formula is C21H19N3O4. The molecular weight excluding hydrogens is 358 g/mol. The van der Waals surface area contributed by atoms with Gasteiger partial charge in [0.05, 0.1) is 13.7 Å². The number of amides is 1. The Kier molecular flexibility index (Phi) is 7.44. The minimum atomic E-state index is -0.532. The lowest BCUT2D eigenvalue weighted by Gasteiger charge is -2.11. The summed E-state index contributed by atoms with van der Waals surface area (Å²) < 4.78 is 15.9. The lowest BCUT2D eigenvalue weighted by Crippen LogP contribution is -2.13. The Hall–Kier alpha value is -3.97. The molecule has 0 unspecified atom stereocenters. The molecule has 0 heterocycles. The van der Waals surface area contributed by atoms with E-state index in [1.54, 1.807) is 49.6 Å². The smallest absolute Gasteiger partial charge is 0.266 e. The molecule has 0 aliphatic heterocycles. The maximum absolute atomic E-state index is 12.4. The lowest BCUT2D eigenvalue weighted by molar-refractivity contribution is -0.112. The van der Waals surface area contributed by atoms with Crippen molar-refractivity contribution in [3.8, 4) is 29.4 Å². The van der Waals surface area contributed by atoms with Crippen molar-refractivity contribution in [3.05, 3.63) is 53.6 Å². The van der Waals surface area contributed by atoms with Crippen molar-refractivity contribution < 1.29 is 19.0 Å². The number of hydrogen-bond donors (Lipinski definition) is 1. The van der Waals surface area contributed by atoms with Crippen LogP contribution < -0.4 is 19.5 Å². The van der Waals surface area contributed by atoms with Gasteiger partial charge in [0.25, 0.3) is 5.91 Å². The Bertz CT molecular complexity index is 938. The Morgan fingerprint density at radius 1 is 1.11 bits per heavy atom. The number of methoxy groups -OCH3 is 1. The van der Waals surface area contributed by atoms with Crippen LogP contribution in [0, 0.1) is 22.7 Å². The van der Waals surface area contributed by atoms with Crippen molar-refractivity contribution in [2.75, 3.05) is 25.6 Å². The van der Waals surface area contributed by atoms with Crippen molar-refractivity contribution in [1.29, 1.82) is 10.5 Å². The molecule has 2 rings (SSSR count). The molecule has 0 atom stereocenters. The van der Waals surface area contributed by atoms with E-state index in [1.807, 2.05) is 19.1 Å². The number of hydrogen-bond acceptors (Lipinski definition) is 6. The first-order valence-electron chi connectivity index (χ1n) is 8.45. The second-order valence-corrected chi connectivity index (χ2v) is 5.44. The van der Waals surface area contributed by atoms with Gasteiger partial charge in [0.1, 0.15) is 23.5 Å². The van der Waals surface area contributed by atoms with Gasteiger partial charge < -0.3 is 19.5 Å². The summed E-state index contributed by atoms with van der Waals surface area (Å²) in [5.74, 6) is 0.979. The van der Waals surface area contributed by atoms with Crippen LogP contribution in [-0.4, -0.2) is 26.2 Å². The van der Waals surface area contributed by atoms with Crippen molar-refractivity contribution in [2.45, 2.75) is 6.92 Å². The fourth-order valence-corrected chi connectivity index (χ4v) is 2.30. The maximum atomic E-state index is 12.4. The molecule has 1 N–H and O–H groups in total.